The van der Waals surface area contributed by atoms with Gasteiger partial charge in [-0.2, -0.15) is 0 Å². The normalized spacial score (nSPS) is 23.0. The van der Waals surface area contributed by atoms with Crippen molar-refractivity contribution in [3.63, 3.8) is 0 Å². The number of carboxylic acids is 1. The zero-order valence-electron chi connectivity index (χ0n) is 8.91. The minimum atomic E-state index is -0.778. The summed E-state index contributed by atoms with van der Waals surface area (Å²) >= 11 is 0. The van der Waals surface area contributed by atoms with Crippen LogP contribution in [0.5, 0.6) is 0 Å². The first-order valence-corrected chi connectivity index (χ1v) is 5.58. The van der Waals surface area contributed by atoms with Crippen LogP contribution in [-0.4, -0.2) is 17.1 Å². The van der Waals surface area contributed by atoms with Gasteiger partial charge in [-0.1, -0.05) is 39.0 Å². The van der Waals surface area contributed by atoms with Gasteiger partial charge in [-0.25, -0.2) is 0 Å². The summed E-state index contributed by atoms with van der Waals surface area (Å²) in [5, 5.41) is 8.65. The molecule has 14 heavy (non-hydrogen) atoms. The van der Waals surface area contributed by atoms with E-state index in [-0.39, 0.29) is 12.5 Å². The Bertz CT molecular complexity index is 188. The summed E-state index contributed by atoms with van der Waals surface area (Å²) in [5.41, 5.74) is 5.87. The molecule has 0 spiro atoms. The summed E-state index contributed by atoms with van der Waals surface area (Å²) in [7, 11) is 0. The van der Waals surface area contributed by atoms with Gasteiger partial charge in [-0.15, -0.1) is 0 Å². The second-order valence-electron chi connectivity index (χ2n) is 4.52. The molecule has 0 bridgehead atoms. The van der Waals surface area contributed by atoms with Crippen LogP contribution in [0.4, 0.5) is 0 Å². The van der Waals surface area contributed by atoms with Crippen LogP contribution in [0.1, 0.15) is 45.4 Å². The standard InChI is InChI=1S/C11H21NO2/c1-8(10(12)7-11(13)14)9-5-3-2-4-6-9/h8-10H,2-7,12H2,1H3,(H,13,14). The van der Waals surface area contributed by atoms with Crippen molar-refractivity contribution in [3.8, 4) is 0 Å². The summed E-state index contributed by atoms with van der Waals surface area (Å²) in [5.74, 6) is 0.227. The molecule has 2 atom stereocenters. The Morgan fingerprint density at radius 3 is 2.50 bits per heavy atom. The molecule has 3 heteroatoms. The van der Waals surface area contributed by atoms with Crippen molar-refractivity contribution >= 4 is 5.97 Å². The molecule has 3 N–H and O–H groups in total. The fourth-order valence-corrected chi connectivity index (χ4v) is 2.40. The fraction of sp³-hybridized carbons (Fsp3) is 0.909. The third-order valence-corrected chi connectivity index (χ3v) is 3.48. The molecule has 0 amide bonds. The van der Waals surface area contributed by atoms with Crippen molar-refractivity contribution in [2.75, 3.05) is 0 Å². The molecule has 82 valence electrons. The van der Waals surface area contributed by atoms with E-state index in [1.165, 1.54) is 32.1 Å². The molecular formula is C11H21NO2. The van der Waals surface area contributed by atoms with Gasteiger partial charge in [-0.3, -0.25) is 4.79 Å². The van der Waals surface area contributed by atoms with Gasteiger partial charge in [0.1, 0.15) is 0 Å². The minimum Gasteiger partial charge on any atom is -0.481 e. The first-order valence-electron chi connectivity index (χ1n) is 5.58. The molecule has 1 rings (SSSR count). The molecule has 0 radical (unpaired) electrons. The zero-order chi connectivity index (χ0) is 10.6. The molecule has 1 aliphatic rings. The van der Waals surface area contributed by atoms with Crippen LogP contribution in [-0.2, 0) is 4.79 Å². The Morgan fingerprint density at radius 1 is 1.43 bits per heavy atom. The highest BCUT2D eigenvalue weighted by Gasteiger charge is 2.25. The Kier molecular flexibility index (Phi) is 4.39. The van der Waals surface area contributed by atoms with Gasteiger partial charge in [0.2, 0.25) is 0 Å². The van der Waals surface area contributed by atoms with Crippen LogP contribution in [0, 0.1) is 11.8 Å². The summed E-state index contributed by atoms with van der Waals surface area (Å²) in [6.45, 7) is 2.10. The first-order chi connectivity index (χ1) is 6.61. The highest BCUT2D eigenvalue weighted by atomic mass is 16.4. The Morgan fingerprint density at radius 2 is 2.00 bits per heavy atom. The van der Waals surface area contributed by atoms with Crippen molar-refractivity contribution in [1.29, 1.82) is 0 Å². The monoisotopic (exact) mass is 199 g/mol. The number of hydrogen-bond acceptors (Lipinski definition) is 2. The SMILES string of the molecule is CC(C(N)CC(=O)O)C1CCCCC1. The number of rotatable bonds is 4. The topological polar surface area (TPSA) is 63.3 Å². The van der Waals surface area contributed by atoms with Gasteiger partial charge >= 0.3 is 5.97 Å². The van der Waals surface area contributed by atoms with Crippen molar-refractivity contribution in [2.45, 2.75) is 51.5 Å². The molecule has 0 aromatic heterocycles. The minimum absolute atomic E-state index is 0.109. The molecule has 0 aromatic carbocycles. The molecule has 0 aliphatic heterocycles. The van der Waals surface area contributed by atoms with E-state index in [1.807, 2.05) is 0 Å². The van der Waals surface area contributed by atoms with Gasteiger partial charge in [0.05, 0.1) is 6.42 Å². The van der Waals surface area contributed by atoms with Crippen LogP contribution in [0.2, 0.25) is 0 Å². The smallest absolute Gasteiger partial charge is 0.304 e. The second-order valence-corrected chi connectivity index (χ2v) is 4.52. The van der Waals surface area contributed by atoms with Crippen LogP contribution in [0.15, 0.2) is 0 Å². The highest BCUT2D eigenvalue weighted by molar-refractivity contribution is 5.67. The Labute approximate surface area is 85.7 Å². The largest absolute Gasteiger partial charge is 0.481 e. The lowest BCUT2D eigenvalue weighted by Crippen LogP contribution is -2.36. The van der Waals surface area contributed by atoms with Gasteiger partial charge in [0, 0.05) is 6.04 Å². The van der Waals surface area contributed by atoms with E-state index < -0.39 is 5.97 Å². The maximum atomic E-state index is 10.5. The van der Waals surface area contributed by atoms with Crippen LogP contribution < -0.4 is 5.73 Å². The number of carbonyl (C=O) groups is 1. The average Bonchev–Trinajstić information content (AvgIpc) is 2.17. The third kappa shape index (κ3) is 3.29. The number of hydrogen-bond donors (Lipinski definition) is 2. The Hall–Kier alpha value is -0.570. The summed E-state index contributed by atoms with van der Waals surface area (Å²) in [4.78, 5) is 10.5. The molecule has 3 nitrogen and oxygen atoms in total. The lowest BCUT2D eigenvalue weighted by Gasteiger charge is -2.30. The van der Waals surface area contributed by atoms with Gasteiger partial charge in [0.25, 0.3) is 0 Å². The van der Waals surface area contributed by atoms with Crippen molar-refractivity contribution in [3.05, 3.63) is 0 Å². The quantitative estimate of drug-likeness (QED) is 0.728. The molecular weight excluding hydrogens is 178 g/mol. The molecule has 0 heterocycles. The van der Waals surface area contributed by atoms with E-state index in [0.717, 1.165) is 0 Å². The molecule has 1 saturated carbocycles. The number of carboxylic acid groups (broad SMARTS) is 1. The molecule has 0 aromatic rings. The summed E-state index contributed by atoms with van der Waals surface area (Å²) in [6.07, 6.45) is 6.47. The number of aliphatic carboxylic acids is 1. The van der Waals surface area contributed by atoms with Crippen molar-refractivity contribution in [1.82, 2.24) is 0 Å². The van der Waals surface area contributed by atoms with E-state index >= 15 is 0 Å². The maximum Gasteiger partial charge on any atom is 0.304 e. The van der Waals surface area contributed by atoms with E-state index in [2.05, 4.69) is 6.92 Å². The Balaban J connectivity index is 2.37. The fourth-order valence-electron chi connectivity index (χ4n) is 2.40. The molecule has 1 fully saturated rings. The first kappa shape index (κ1) is 11.5. The van der Waals surface area contributed by atoms with Crippen LogP contribution >= 0.6 is 0 Å². The molecule has 1 aliphatic carbocycles. The predicted octanol–water partition coefficient (Wildman–Crippen LogP) is 2.00. The van der Waals surface area contributed by atoms with Gasteiger partial charge < -0.3 is 10.8 Å². The third-order valence-electron chi connectivity index (χ3n) is 3.48. The summed E-state index contributed by atoms with van der Waals surface area (Å²) in [6, 6.07) is -0.171. The lowest BCUT2D eigenvalue weighted by atomic mass is 9.77. The van der Waals surface area contributed by atoms with E-state index in [0.29, 0.717) is 11.8 Å². The van der Waals surface area contributed by atoms with E-state index in [9.17, 15) is 4.79 Å². The molecule has 2 unspecified atom stereocenters. The predicted molar refractivity (Wildman–Crippen MR) is 56.0 cm³/mol. The molecule has 0 saturated heterocycles. The second kappa shape index (κ2) is 5.35. The van der Waals surface area contributed by atoms with Crippen LogP contribution in [0.25, 0.3) is 0 Å². The van der Waals surface area contributed by atoms with Gasteiger partial charge in [0.15, 0.2) is 0 Å². The lowest BCUT2D eigenvalue weighted by molar-refractivity contribution is -0.137. The van der Waals surface area contributed by atoms with Crippen molar-refractivity contribution < 1.29 is 9.90 Å². The maximum absolute atomic E-state index is 10.5. The van der Waals surface area contributed by atoms with Crippen LogP contribution in [0.3, 0.4) is 0 Å². The summed E-state index contributed by atoms with van der Waals surface area (Å²) < 4.78 is 0. The van der Waals surface area contributed by atoms with Crippen molar-refractivity contribution in [2.24, 2.45) is 17.6 Å². The van der Waals surface area contributed by atoms with E-state index in [4.69, 9.17) is 10.8 Å². The average molecular weight is 199 g/mol. The number of nitrogens with two attached hydrogens (primary N) is 1. The van der Waals surface area contributed by atoms with Gasteiger partial charge in [-0.05, 0) is 11.8 Å². The van der Waals surface area contributed by atoms with E-state index in [1.54, 1.807) is 0 Å². The zero-order valence-corrected chi connectivity index (χ0v) is 8.91. The highest BCUT2D eigenvalue weighted by Crippen LogP contribution is 2.31.